The van der Waals surface area contributed by atoms with Crippen LogP contribution in [0.1, 0.15) is 23.1 Å². The highest BCUT2D eigenvalue weighted by Crippen LogP contribution is 2.23. The van der Waals surface area contributed by atoms with Crippen LogP contribution in [0, 0.1) is 19.8 Å². The normalized spacial score (nSPS) is 24.7. The summed E-state index contributed by atoms with van der Waals surface area (Å²) >= 11 is 0. The Morgan fingerprint density at radius 1 is 1.32 bits per heavy atom. The molecule has 3 unspecified atom stereocenters. The fourth-order valence-corrected chi connectivity index (χ4v) is 3.76. The smallest absolute Gasteiger partial charge is 0.230 e. The highest BCUT2D eigenvalue weighted by molar-refractivity contribution is 5.91. The van der Waals surface area contributed by atoms with Gasteiger partial charge in [-0.15, -0.1) is 0 Å². The van der Waals surface area contributed by atoms with Crippen LogP contribution in [0.25, 0.3) is 0 Å². The first kappa shape index (κ1) is 18.6. The molecule has 3 atom stereocenters. The number of carbonyl (C=O) groups is 2. The predicted molar refractivity (Wildman–Crippen MR) is 104 cm³/mol. The van der Waals surface area contributed by atoms with Crippen LogP contribution in [0.4, 0.5) is 5.82 Å². The number of hydrogen-bond donors (Lipinski definition) is 4. The average Bonchev–Trinajstić information content (AvgIpc) is 3.18. The molecule has 2 amide bonds. The van der Waals surface area contributed by atoms with E-state index in [0.717, 1.165) is 16.8 Å². The van der Waals surface area contributed by atoms with Crippen LogP contribution in [0.3, 0.4) is 0 Å². The van der Waals surface area contributed by atoms with Gasteiger partial charge in [0.15, 0.2) is 6.29 Å². The number of nitrogens with one attached hydrogen (secondary N) is 4. The molecule has 4 N–H and O–H groups in total. The van der Waals surface area contributed by atoms with E-state index in [-0.39, 0.29) is 30.3 Å². The van der Waals surface area contributed by atoms with Crippen molar-refractivity contribution in [2.24, 2.45) is 5.92 Å². The molecule has 9 nitrogen and oxygen atoms in total. The van der Waals surface area contributed by atoms with E-state index in [9.17, 15) is 9.59 Å². The van der Waals surface area contributed by atoms with Crippen LogP contribution >= 0.6 is 0 Å². The number of benzene rings is 1. The lowest BCUT2D eigenvalue weighted by atomic mass is 10.1. The van der Waals surface area contributed by atoms with Crippen molar-refractivity contribution in [3.8, 4) is 0 Å². The second-order valence-corrected chi connectivity index (χ2v) is 7.43. The predicted octanol–water partition coefficient (Wildman–Crippen LogP) is 0.249. The van der Waals surface area contributed by atoms with Gasteiger partial charge in [-0.05, 0) is 19.4 Å². The number of aryl methyl sites for hydroxylation is 2. The molecular formula is C19H25N7O2. The van der Waals surface area contributed by atoms with E-state index in [1.807, 2.05) is 50.2 Å². The van der Waals surface area contributed by atoms with Gasteiger partial charge in [0.2, 0.25) is 11.8 Å². The molecule has 2 aliphatic heterocycles. The van der Waals surface area contributed by atoms with Crippen molar-refractivity contribution < 1.29 is 9.59 Å². The van der Waals surface area contributed by atoms with Crippen molar-refractivity contribution in [3.63, 3.8) is 0 Å². The van der Waals surface area contributed by atoms with Gasteiger partial charge >= 0.3 is 0 Å². The highest BCUT2D eigenvalue weighted by Gasteiger charge is 2.43. The van der Waals surface area contributed by atoms with Gasteiger partial charge in [0.25, 0.3) is 0 Å². The number of hydrazine groups is 1. The lowest BCUT2D eigenvalue weighted by molar-refractivity contribution is -0.131. The quantitative estimate of drug-likeness (QED) is 0.604. The minimum Gasteiger partial charge on any atom is -0.321 e. The first-order valence-corrected chi connectivity index (χ1v) is 9.35. The van der Waals surface area contributed by atoms with Gasteiger partial charge in [-0.25, -0.2) is 9.69 Å². The number of fused-ring (bicyclic) bond motifs is 1. The van der Waals surface area contributed by atoms with E-state index < -0.39 is 6.29 Å². The third-order valence-corrected chi connectivity index (χ3v) is 5.12. The molecule has 3 heterocycles. The molecule has 0 aliphatic carbocycles. The minimum absolute atomic E-state index is 0.0456. The highest BCUT2D eigenvalue weighted by atomic mass is 16.2. The molecule has 148 valence electrons. The van der Waals surface area contributed by atoms with Crippen molar-refractivity contribution in [1.29, 1.82) is 0 Å². The van der Waals surface area contributed by atoms with Crippen LogP contribution in [0.15, 0.2) is 30.3 Å². The standard InChI is InChI=1S/C19H25N7O2/c1-11-5-4-6-13(7-11)9-16(27)21-15-8-12(2)24-26(15)19-22-17-14(18(28)23-19)10-20-25(17)3/h4-8,14,17,19-20,22H,9-10H2,1-3H3,(H,21,27)(H,23,28). The Labute approximate surface area is 163 Å². The first-order valence-electron chi connectivity index (χ1n) is 9.35. The summed E-state index contributed by atoms with van der Waals surface area (Å²) in [6.07, 6.45) is -0.411. The summed E-state index contributed by atoms with van der Waals surface area (Å²) in [5.74, 6) is 0.194. The van der Waals surface area contributed by atoms with Crippen LogP contribution in [0.5, 0.6) is 0 Å². The molecular weight excluding hydrogens is 358 g/mol. The summed E-state index contributed by atoms with van der Waals surface area (Å²) in [5, 5.41) is 15.6. The number of aromatic nitrogens is 2. The third-order valence-electron chi connectivity index (χ3n) is 5.12. The Morgan fingerprint density at radius 2 is 2.14 bits per heavy atom. The fourth-order valence-electron chi connectivity index (χ4n) is 3.76. The molecule has 2 fully saturated rings. The second-order valence-electron chi connectivity index (χ2n) is 7.43. The van der Waals surface area contributed by atoms with E-state index in [4.69, 9.17) is 0 Å². The lowest BCUT2D eigenvalue weighted by Gasteiger charge is -2.35. The molecule has 0 spiro atoms. The maximum absolute atomic E-state index is 12.6. The molecule has 0 bridgehead atoms. The molecule has 0 radical (unpaired) electrons. The number of anilines is 1. The molecule has 2 aromatic rings. The summed E-state index contributed by atoms with van der Waals surface area (Å²) in [6, 6.07) is 9.66. The summed E-state index contributed by atoms with van der Waals surface area (Å²) < 4.78 is 1.61. The number of nitrogens with zero attached hydrogens (tertiary/aromatic N) is 3. The first-order chi connectivity index (χ1) is 13.4. The number of rotatable bonds is 4. The van der Waals surface area contributed by atoms with E-state index in [1.54, 1.807) is 10.7 Å². The summed E-state index contributed by atoms with van der Waals surface area (Å²) in [7, 11) is 1.90. The molecule has 9 heteroatoms. The Bertz CT molecular complexity index is 909. The summed E-state index contributed by atoms with van der Waals surface area (Å²) in [4.78, 5) is 25.0. The second kappa shape index (κ2) is 7.34. The topological polar surface area (TPSA) is 103 Å². The minimum atomic E-state index is -0.543. The van der Waals surface area contributed by atoms with Gasteiger partial charge in [-0.2, -0.15) is 5.10 Å². The van der Waals surface area contributed by atoms with Gasteiger partial charge in [0, 0.05) is 19.7 Å². The Hall–Kier alpha value is -2.75. The Kier molecular flexibility index (Phi) is 4.88. The molecule has 1 aromatic carbocycles. The molecule has 2 aliphatic rings. The van der Waals surface area contributed by atoms with Crippen molar-refractivity contribution in [1.82, 2.24) is 30.8 Å². The van der Waals surface area contributed by atoms with Crippen LogP contribution in [-0.2, 0) is 16.0 Å². The van der Waals surface area contributed by atoms with Crippen molar-refractivity contribution in [3.05, 3.63) is 47.2 Å². The number of hydrogen-bond acceptors (Lipinski definition) is 6. The zero-order valence-corrected chi connectivity index (χ0v) is 16.2. The average molecular weight is 383 g/mol. The maximum Gasteiger partial charge on any atom is 0.230 e. The van der Waals surface area contributed by atoms with Gasteiger partial charge < -0.3 is 10.6 Å². The third kappa shape index (κ3) is 3.64. The monoisotopic (exact) mass is 383 g/mol. The zero-order valence-electron chi connectivity index (χ0n) is 16.2. The van der Waals surface area contributed by atoms with E-state index >= 15 is 0 Å². The van der Waals surface area contributed by atoms with E-state index in [2.05, 4.69) is 26.5 Å². The van der Waals surface area contributed by atoms with Gasteiger partial charge in [-0.1, -0.05) is 29.8 Å². The Balaban J connectivity index is 1.50. The van der Waals surface area contributed by atoms with Gasteiger partial charge in [0.1, 0.15) is 5.82 Å². The van der Waals surface area contributed by atoms with E-state index in [1.165, 1.54) is 0 Å². The fraction of sp³-hybridized carbons (Fsp3) is 0.421. The zero-order chi connectivity index (χ0) is 19.8. The molecule has 2 saturated heterocycles. The summed E-state index contributed by atoms with van der Waals surface area (Å²) in [5.41, 5.74) is 5.98. The largest absolute Gasteiger partial charge is 0.321 e. The van der Waals surface area contributed by atoms with Crippen molar-refractivity contribution >= 4 is 17.6 Å². The molecule has 28 heavy (non-hydrogen) atoms. The van der Waals surface area contributed by atoms with Crippen LogP contribution < -0.4 is 21.4 Å². The van der Waals surface area contributed by atoms with Gasteiger partial charge in [-0.3, -0.25) is 20.3 Å². The molecule has 0 saturated carbocycles. The van der Waals surface area contributed by atoms with Gasteiger partial charge in [0.05, 0.1) is 24.2 Å². The number of carbonyl (C=O) groups excluding carboxylic acids is 2. The SMILES string of the molecule is Cc1cccc(CC(=O)Nc2cc(C)nn2C2NC(=O)C3CNN(C)C3N2)c1. The molecule has 1 aromatic heterocycles. The van der Waals surface area contributed by atoms with Crippen LogP contribution in [-0.4, -0.2) is 46.4 Å². The van der Waals surface area contributed by atoms with E-state index in [0.29, 0.717) is 12.4 Å². The van der Waals surface area contributed by atoms with Crippen LogP contribution in [0.2, 0.25) is 0 Å². The summed E-state index contributed by atoms with van der Waals surface area (Å²) in [6.45, 7) is 4.44. The number of amides is 2. The van der Waals surface area contributed by atoms with Crippen molar-refractivity contribution in [2.45, 2.75) is 32.7 Å². The molecule has 4 rings (SSSR count). The van der Waals surface area contributed by atoms with Crippen molar-refractivity contribution in [2.75, 3.05) is 18.9 Å². The maximum atomic E-state index is 12.6. The Morgan fingerprint density at radius 3 is 2.93 bits per heavy atom. The lowest BCUT2D eigenvalue weighted by Crippen LogP contribution is -2.61.